The Morgan fingerprint density at radius 1 is 1.10 bits per heavy atom. The third-order valence-corrected chi connectivity index (χ3v) is 3.13. The Bertz CT molecular complexity index is 613. The molecule has 0 heterocycles. The maximum atomic E-state index is 11.7. The van der Waals surface area contributed by atoms with Crippen LogP contribution in [-0.4, -0.2) is 31.7 Å². The monoisotopic (exact) mass is 314 g/mol. The van der Waals surface area contributed by atoms with Crippen LogP contribution in [0, 0.1) is 0 Å². The van der Waals surface area contributed by atoms with Gasteiger partial charge in [-0.3, -0.25) is 14.3 Å². The molecule has 1 amide bonds. The summed E-state index contributed by atoms with van der Waals surface area (Å²) in [5, 5.41) is 11.1. The smallest absolute Gasteiger partial charge is 0.303 e. The summed E-state index contributed by atoms with van der Waals surface area (Å²) < 4.78 is 24.8. The van der Waals surface area contributed by atoms with Gasteiger partial charge >= 0.3 is 5.97 Å². The summed E-state index contributed by atoms with van der Waals surface area (Å²) in [7, 11) is -3.43. The molecule has 7 nitrogen and oxygen atoms in total. The van der Waals surface area contributed by atoms with Crippen LogP contribution in [0.4, 0.5) is 11.4 Å². The maximum Gasteiger partial charge on any atom is 0.303 e. The van der Waals surface area contributed by atoms with Gasteiger partial charge in [-0.15, -0.1) is 0 Å². The lowest BCUT2D eigenvalue weighted by Crippen LogP contribution is -2.15. The zero-order valence-corrected chi connectivity index (χ0v) is 12.4. The summed E-state index contributed by atoms with van der Waals surface area (Å²) in [6.45, 7) is 0. The maximum absolute atomic E-state index is 11.7. The number of carbonyl (C=O) groups excluding carboxylic acids is 1. The second-order valence-electron chi connectivity index (χ2n) is 4.57. The predicted molar refractivity (Wildman–Crippen MR) is 79.6 cm³/mol. The van der Waals surface area contributed by atoms with E-state index in [4.69, 9.17) is 5.11 Å². The van der Waals surface area contributed by atoms with Gasteiger partial charge in [-0.05, 0) is 25.0 Å². The molecule has 1 aromatic carbocycles. The van der Waals surface area contributed by atoms with Gasteiger partial charge in [0.1, 0.15) is 0 Å². The number of nitrogens with one attached hydrogen (secondary N) is 2. The van der Waals surface area contributed by atoms with Crippen molar-refractivity contribution >= 4 is 33.3 Å². The molecule has 0 atom stereocenters. The fourth-order valence-corrected chi connectivity index (χ4v) is 2.23. The second kappa shape index (κ2) is 7.63. The molecule has 0 saturated heterocycles. The van der Waals surface area contributed by atoms with Crippen LogP contribution in [-0.2, 0) is 19.6 Å². The van der Waals surface area contributed by atoms with Crippen LogP contribution in [0.15, 0.2) is 24.3 Å². The highest BCUT2D eigenvalue weighted by atomic mass is 32.2. The molecule has 0 aliphatic rings. The zero-order valence-electron chi connectivity index (χ0n) is 11.6. The van der Waals surface area contributed by atoms with Gasteiger partial charge in [-0.25, -0.2) is 8.42 Å². The molecule has 21 heavy (non-hydrogen) atoms. The Kier molecular flexibility index (Phi) is 6.16. The summed E-state index contributed by atoms with van der Waals surface area (Å²) in [4.78, 5) is 22.1. The first-order valence-electron chi connectivity index (χ1n) is 6.36. The third kappa shape index (κ3) is 7.31. The van der Waals surface area contributed by atoms with Crippen molar-refractivity contribution in [1.82, 2.24) is 0 Å². The van der Waals surface area contributed by atoms with Crippen molar-refractivity contribution in [2.24, 2.45) is 0 Å². The first-order chi connectivity index (χ1) is 9.78. The lowest BCUT2D eigenvalue weighted by atomic mass is 10.2. The number of anilines is 2. The number of aliphatic carboxylic acids is 1. The number of rotatable bonds is 8. The van der Waals surface area contributed by atoms with Crippen LogP contribution in [0.25, 0.3) is 0 Å². The minimum Gasteiger partial charge on any atom is -0.481 e. The molecule has 3 N–H and O–H groups in total. The number of unbranched alkanes of at least 4 members (excludes halogenated alkanes) is 1. The highest BCUT2D eigenvalue weighted by molar-refractivity contribution is 7.92. The quantitative estimate of drug-likeness (QED) is 0.631. The minimum atomic E-state index is -3.43. The SMILES string of the molecule is CS(=O)(=O)Nc1ccccc1NC(=O)CCCCC(=O)O. The Morgan fingerprint density at radius 2 is 1.67 bits per heavy atom. The molecule has 8 heteroatoms. The number of hydrogen-bond donors (Lipinski definition) is 3. The van der Waals surface area contributed by atoms with E-state index in [2.05, 4.69) is 10.0 Å². The number of carbonyl (C=O) groups is 2. The molecule has 0 fully saturated rings. The van der Waals surface area contributed by atoms with E-state index in [9.17, 15) is 18.0 Å². The van der Waals surface area contributed by atoms with Gasteiger partial charge in [0.05, 0.1) is 17.6 Å². The van der Waals surface area contributed by atoms with Gasteiger partial charge < -0.3 is 10.4 Å². The molecule has 0 aliphatic heterocycles. The second-order valence-corrected chi connectivity index (χ2v) is 6.32. The van der Waals surface area contributed by atoms with Gasteiger partial charge in [0, 0.05) is 12.8 Å². The molecule has 116 valence electrons. The van der Waals surface area contributed by atoms with Crippen LogP contribution in [0.2, 0.25) is 0 Å². The van der Waals surface area contributed by atoms with Gasteiger partial charge in [0.25, 0.3) is 0 Å². The molecule has 0 unspecified atom stereocenters. The fraction of sp³-hybridized carbons (Fsp3) is 0.385. The van der Waals surface area contributed by atoms with E-state index in [1.807, 2.05) is 0 Å². The molecule has 0 saturated carbocycles. The first-order valence-corrected chi connectivity index (χ1v) is 8.25. The molecule has 0 spiro atoms. The highest BCUT2D eigenvalue weighted by Crippen LogP contribution is 2.22. The number of benzene rings is 1. The van der Waals surface area contributed by atoms with Crippen LogP contribution in [0.3, 0.4) is 0 Å². The van der Waals surface area contributed by atoms with E-state index < -0.39 is 16.0 Å². The number of hydrogen-bond acceptors (Lipinski definition) is 4. The number of sulfonamides is 1. The van der Waals surface area contributed by atoms with E-state index in [1.54, 1.807) is 24.3 Å². The summed E-state index contributed by atoms with van der Waals surface area (Å²) in [5.74, 6) is -1.18. The molecule has 0 bridgehead atoms. The normalized spacial score (nSPS) is 10.9. The third-order valence-electron chi connectivity index (χ3n) is 2.54. The molecule has 0 radical (unpaired) electrons. The van der Waals surface area contributed by atoms with E-state index >= 15 is 0 Å². The van der Waals surface area contributed by atoms with Crippen molar-refractivity contribution < 1.29 is 23.1 Å². The van der Waals surface area contributed by atoms with Crippen molar-refractivity contribution in [3.63, 3.8) is 0 Å². The van der Waals surface area contributed by atoms with E-state index in [1.165, 1.54) is 0 Å². The van der Waals surface area contributed by atoms with Crippen LogP contribution in [0.1, 0.15) is 25.7 Å². The number of para-hydroxylation sites is 2. The molecular weight excluding hydrogens is 296 g/mol. The lowest BCUT2D eigenvalue weighted by molar-refractivity contribution is -0.137. The molecule has 0 aromatic heterocycles. The lowest BCUT2D eigenvalue weighted by Gasteiger charge is -2.11. The average molecular weight is 314 g/mol. The van der Waals surface area contributed by atoms with E-state index in [0.717, 1.165) is 6.26 Å². The topological polar surface area (TPSA) is 113 Å². The first kappa shape index (κ1) is 17.0. The van der Waals surface area contributed by atoms with Gasteiger partial charge in [0.2, 0.25) is 15.9 Å². The Hall–Kier alpha value is -2.09. The number of carboxylic acids is 1. The molecule has 1 rings (SSSR count). The zero-order chi connectivity index (χ0) is 15.9. The van der Waals surface area contributed by atoms with Crippen LogP contribution >= 0.6 is 0 Å². The number of carboxylic acid groups (broad SMARTS) is 1. The van der Waals surface area contributed by atoms with E-state index in [-0.39, 0.29) is 18.7 Å². The Balaban J connectivity index is 2.58. The van der Waals surface area contributed by atoms with Crippen molar-refractivity contribution in [3.05, 3.63) is 24.3 Å². The molecule has 1 aromatic rings. The van der Waals surface area contributed by atoms with Gasteiger partial charge in [0.15, 0.2) is 0 Å². The summed E-state index contributed by atoms with van der Waals surface area (Å²) in [6, 6.07) is 6.45. The van der Waals surface area contributed by atoms with Crippen LogP contribution < -0.4 is 10.0 Å². The van der Waals surface area contributed by atoms with Crippen molar-refractivity contribution in [3.8, 4) is 0 Å². The van der Waals surface area contributed by atoms with E-state index in [0.29, 0.717) is 24.2 Å². The summed E-state index contributed by atoms with van der Waals surface area (Å²) in [5.41, 5.74) is 0.657. The van der Waals surface area contributed by atoms with Crippen LogP contribution in [0.5, 0.6) is 0 Å². The fourth-order valence-electron chi connectivity index (χ4n) is 1.66. The molecular formula is C13H18N2O5S. The van der Waals surface area contributed by atoms with Crippen molar-refractivity contribution in [2.75, 3.05) is 16.3 Å². The highest BCUT2D eigenvalue weighted by Gasteiger charge is 2.09. The standard InChI is InChI=1S/C13H18N2O5S/c1-21(19,20)15-11-7-3-2-6-10(11)14-12(16)8-4-5-9-13(17)18/h2-3,6-7,15H,4-5,8-9H2,1H3,(H,14,16)(H,17,18). The Labute approximate surface area is 123 Å². The minimum absolute atomic E-state index is 0.0273. The average Bonchev–Trinajstić information content (AvgIpc) is 2.35. The Morgan fingerprint density at radius 3 is 2.24 bits per heavy atom. The largest absolute Gasteiger partial charge is 0.481 e. The number of amides is 1. The summed E-state index contributed by atoms with van der Waals surface area (Å²) in [6.07, 6.45) is 2.11. The molecule has 0 aliphatic carbocycles. The van der Waals surface area contributed by atoms with Crippen molar-refractivity contribution in [2.45, 2.75) is 25.7 Å². The summed E-state index contributed by atoms with van der Waals surface area (Å²) >= 11 is 0. The predicted octanol–water partition coefficient (Wildman–Crippen LogP) is 1.64. The van der Waals surface area contributed by atoms with Gasteiger partial charge in [-0.2, -0.15) is 0 Å². The van der Waals surface area contributed by atoms with Crippen molar-refractivity contribution in [1.29, 1.82) is 0 Å². The van der Waals surface area contributed by atoms with Gasteiger partial charge in [-0.1, -0.05) is 12.1 Å².